The van der Waals surface area contributed by atoms with Crippen LogP contribution in [0.2, 0.25) is 18.1 Å². The molecule has 0 aliphatic carbocycles. The smallest absolute Gasteiger partial charge is 0.410 e. The van der Waals surface area contributed by atoms with Crippen LogP contribution in [0, 0.1) is 0 Å². The van der Waals surface area contributed by atoms with Crippen molar-refractivity contribution >= 4 is 26.3 Å². The molecule has 0 aromatic rings. The fourth-order valence-electron chi connectivity index (χ4n) is 8.89. The van der Waals surface area contributed by atoms with Crippen LogP contribution in [0.15, 0.2) is 0 Å². The van der Waals surface area contributed by atoms with Gasteiger partial charge in [0.1, 0.15) is 18.3 Å². The summed E-state index contributed by atoms with van der Waals surface area (Å²) in [7, 11) is 2.21. The summed E-state index contributed by atoms with van der Waals surface area (Å²) in [4.78, 5) is 43.6. The summed E-state index contributed by atoms with van der Waals surface area (Å²) in [5.41, 5.74) is 0. The molecule has 0 fully saturated rings. The second kappa shape index (κ2) is 45.0. The summed E-state index contributed by atoms with van der Waals surface area (Å²) >= 11 is 0. The van der Waals surface area contributed by atoms with Crippen LogP contribution in [0.25, 0.3) is 0 Å². The van der Waals surface area contributed by atoms with Crippen molar-refractivity contribution in [3.8, 4) is 0 Å². The number of hydrogen-bond donors (Lipinski definition) is 0. The number of carbonyl (C=O) groups is 3. The normalized spacial score (nSPS) is 12.2. The highest BCUT2D eigenvalue weighted by Crippen LogP contribution is 2.36. The van der Waals surface area contributed by atoms with Gasteiger partial charge in [-0.25, -0.2) is 4.79 Å². The molecular formula is C59H118N2O7Si. The third kappa shape index (κ3) is 40.5. The van der Waals surface area contributed by atoms with E-state index >= 15 is 0 Å². The molecule has 0 bridgehead atoms. The maximum absolute atomic E-state index is 13.9. The molecule has 0 aromatic heterocycles. The van der Waals surface area contributed by atoms with Crippen LogP contribution in [0.4, 0.5) is 4.79 Å². The van der Waals surface area contributed by atoms with Gasteiger partial charge in [0.05, 0.1) is 6.61 Å². The van der Waals surface area contributed by atoms with E-state index in [1.54, 1.807) is 0 Å². The summed E-state index contributed by atoms with van der Waals surface area (Å²) < 4.78 is 25.0. The lowest BCUT2D eigenvalue weighted by Crippen LogP contribution is -2.44. The highest BCUT2D eigenvalue weighted by atomic mass is 28.4. The Bertz CT molecular complexity index is 1110. The van der Waals surface area contributed by atoms with Crippen molar-refractivity contribution in [3.05, 3.63) is 0 Å². The molecule has 0 rings (SSSR count). The molecule has 1 amide bonds. The van der Waals surface area contributed by atoms with Gasteiger partial charge in [-0.2, -0.15) is 0 Å². The van der Waals surface area contributed by atoms with E-state index in [4.69, 9.17) is 18.6 Å². The van der Waals surface area contributed by atoms with E-state index in [0.717, 1.165) is 154 Å². The molecule has 69 heavy (non-hydrogen) atoms. The molecular weight excluding hydrogens is 877 g/mol. The third-order valence-electron chi connectivity index (χ3n) is 14.6. The Labute approximate surface area is 430 Å². The lowest BCUT2D eigenvalue weighted by Gasteiger charge is -2.37. The Morgan fingerprint density at radius 1 is 0.420 bits per heavy atom. The first-order chi connectivity index (χ1) is 33.1. The molecule has 10 heteroatoms. The summed E-state index contributed by atoms with van der Waals surface area (Å²) in [5, 5.41) is 0.111. The zero-order chi connectivity index (χ0) is 51.4. The molecule has 9 nitrogen and oxygen atoms in total. The molecule has 0 N–H and O–H groups in total. The van der Waals surface area contributed by atoms with Gasteiger partial charge in [-0.05, 0) is 135 Å². The first-order valence-electron chi connectivity index (χ1n) is 29.7. The van der Waals surface area contributed by atoms with Gasteiger partial charge in [-0.3, -0.25) is 9.59 Å². The van der Waals surface area contributed by atoms with Crippen LogP contribution >= 0.6 is 0 Å². The van der Waals surface area contributed by atoms with Crippen molar-refractivity contribution in [2.75, 3.05) is 40.3 Å². The Morgan fingerprint density at radius 3 is 1.07 bits per heavy atom. The van der Waals surface area contributed by atoms with Gasteiger partial charge >= 0.3 is 18.0 Å². The summed E-state index contributed by atoms with van der Waals surface area (Å²) in [5.74, 6) is -0.0223. The van der Waals surface area contributed by atoms with Crippen molar-refractivity contribution in [2.45, 2.75) is 322 Å². The Balaban J connectivity index is 5.19. The average Bonchev–Trinajstić information content (AvgIpc) is 3.29. The van der Waals surface area contributed by atoms with Gasteiger partial charge in [0.2, 0.25) is 0 Å². The second-order valence-corrected chi connectivity index (χ2v) is 27.5. The summed E-state index contributed by atoms with van der Waals surface area (Å²) in [6, 6.07) is 0. The summed E-state index contributed by atoms with van der Waals surface area (Å²) in [6.45, 7) is 22.9. The summed E-state index contributed by atoms with van der Waals surface area (Å²) in [6.07, 6.45) is 39.6. The Kier molecular flexibility index (Phi) is 43.9. The maximum Gasteiger partial charge on any atom is 0.410 e. The maximum atomic E-state index is 13.9. The first kappa shape index (κ1) is 67.3. The molecule has 0 aliphatic rings. The van der Waals surface area contributed by atoms with Crippen molar-refractivity contribution in [1.29, 1.82) is 0 Å². The molecule has 0 aromatic carbocycles. The molecule has 0 spiro atoms. The van der Waals surface area contributed by atoms with Crippen molar-refractivity contribution in [1.82, 2.24) is 9.80 Å². The zero-order valence-corrected chi connectivity index (χ0v) is 49.0. The number of esters is 2. The fraction of sp³-hybridized carbons (Fsp3) is 0.949. The zero-order valence-electron chi connectivity index (χ0n) is 48.0. The minimum Gasteiger partial charge on any atom is -0.462 e. The first-order valence-corrected chi connectivity index (χ1v) is 32.6. The topological polar surface area (TPSA) is 94.6 Å². The number of nitrogens with zero attached hydrogens (tertiary/aromatic N) is 2. The quantitative estimate of drug-likeness (QED) is 0.0257. The van der Waals surface area contributed by atoms with E-state index in [2.05, 4.69) is 80.6 Å². The highest BCUT2D eigenvalue weighted by molar-refractivity contribution is 6.74. The van der Waals surface area contributed by atoms with Crippen LogP contribution in [0.3, 0.4) is 0 Å². The molecule has 0 heterocycles. The van der Waals surface area contributed by atoms with E-state index in [9.17, 15) is 14.4 Å². The number of hydrogen-bond acceptors (Lipinski definition) is 8. The van der Waals surface area contributed by atoms with E-state index in [-0.39, 0.29) is 41.4 Å². The van der Waals surface area contributed by atoms with Crippen molar-refractivity contribution in [2.24, 2.45) is 0 Å². The third-order valence-corrected chi connectivity index (χ3v) is 19.2. The number of rotatable bonds is 49. The van der Waals surface area contributed by atoms with Gasteiger partial charge in [-0.15, -0.1) is 0 Å². The molecule has 0 atom stereocenters. The largest absolute Gasteiger partial charge is 0.462 e. The van der Waals surface area contributed by atoms with E-state index in [1.165, 1.54) is 77.0 Å². The standard InChI is InChI=1S/C59H118N2O7Si/c1-12-16-20-32-41-53(42-33-21-17-13-2)66-56(62)47-38-30-26-24-28-36-45-55(68-58(64)61(50-40-49-60(8)9)51-52-65-69(10,11)59(5,6)7)46-37-29-25-27-31-39-48-57(63)67-54(43-34-22-18-14-3)44-35-23-19-15-4/h53-55H,12-52H2,1-11H3. The Morgan fingerprint density at radius 2 is 0.739 bits per heavy atom. The van der Waals surface area contributed by atoms with Gasteiger partial charge < -0.3 is 28.4 Å². The van der Waals surface area contributed by atoms with Gasteiger partial charge in [-0.1, -0.05) is 177 Å². The van der Waals surface area contributed by atoms with E-state index < -0.39 is 8.32 Å². The van der Waals surface area contributed by atoms with Gasteiger partial charge in [0, 0.05) is 25.9 Å². The van der Waals surface area contributed by atoms with E-state index in [1.807, 2.05) is 4.90 Å². The van der Waals surface area contributed by atoms with Crippen LogP contribution in [0.5, 0.6) is 0 Å². The molecule has 0 saturated carbocycles. The van der Waals surface area contributed by atoms with E-state index in [0.29, 0.717) is 32.5 Å². The van der Waals surface area contributed by atoms with Gasteiger partial charge in [0.15, 0.2) is 8.32 Å². The minimum atomic E-state index is -1.94. The van der Waals surface area contributed by atoms with Crippen molar-refractivity contribution in [3.63, 3.8) is 0 Å². The average molecular weight is 996 g/mol. The number of ether oxygens (including phenoxy) is 3. The highest BCUT2D eigenvalue weighted by Gasteiger charge is 2.37. The second-order valence-electron chi connectivity index (χ2n) is 22.7. The SMILES string of the molecule is CCCCCCC(CCCCCC)OC(=O)CCCCCCCCC(CCCCCCCCC(=O)OC(CCCCCC)CCCCCC)OC(=O)N(CCCN(C)C)CCO[Si](C)(C)C(C)(C)C. The Hall–Kier alpha value is -1.65. The molecule has 0 unspecified atom stereocenters. The lowest BCUT2D eigenvalue weighted by atomic mass is 10.0. The fourth-order valence-corrected chi connectivity index (χ4v) is 9.92. The van der Waals surface area contributed by atoms with Gasteiger partial charge in [0.25, 0.3) is 0 Å². The number of amides is 1. The minimum absolute atomic E-state index is 0.0112. The molecule has 410 valence electrons. The van der Waals surface area contributed by atoms with Crippen LogP contribution in [-0.2, 0) is 28.2 Å². The predicted octanol–water partition coefficient (Wildman–Crippen LogP) is 17.7. The van der Waals surface area contributed by atoms with Crippen molar-refractivity contribution < 1.29 is 33.0 Å². The van der Waals surface area contributed by atoms with Crippen LogP contribution in [0.1, 0.15) is 286 Å². The molecule has 0 aliphatic heterocycles. The number of unbranched alkanes of at least 4 members (excludes halogenated alkanes) is 22. The predicted molar refractivity (Wildman–Crippen MR) is 297 cm³/mol. The monoisotopic (exact) mass is 995 g/mol. The lowest BCUT2D eigenvalue weighted by molar-refractivity contribution is -0.151. The number of carbonyl (C=O) groups excluding carboxylic acids is 3. The van der Waals surface area contributed by atoms with Crippen LogP contribution < -0.4 is 0 Å². The van der Waals surface area contributed by atoms with Crippen LogP contribution in [-0.4, -0.2) is 94.8 Å². The molecule has 0 saturated heterocycles. The molecule has 0 radical (unpaired) electrons.